The molecular weight excluding hydrogens is 589 g/mol. The van der Waals surface area contributed by atoms with Crippen molar-refractivity contribution in [1.29, 1.82) is 0 Å². The molecule has 0 radical (unpaired) electrons. The zero-order chi connectivity index (χ0) is 32.8. The number of aromatic nitrogens is 2. The van der Waals surface area contributed by atoms with Crippen LogP contribution in [0.4, 0.5) is 22.7 Å². The molecule has 3 aliphatic heterocycles. The van der Waals surface area contributed by atoms with Crippen LogP contribution in [0.2, 0.25) is 0 Å². The number of rotatable bonds is 5. The molecular formula is C43H39N4O+. The molecule has 2 atom stereocenters. The molecule has 7 aromatic rings. The van der Waals surface area contributed by atoms with Crippen molar-refractivity contribution < 1.29 is 4.74 Å². The maximum Gasteiger partial charge on any atom is 0.186 e. The van der Waals surface area contributed by atoms with E-state index in [0.29, 0.717) is 4.48 Å². The second-order valence-electron chi connectivity index (χ2n) is 14.5. The molecule has 5 heteroatoms. The summed E-state index contributed by atoms with van der Waals surface area (Å²) in [5.41, 5.74) is 11.3. The van der Waals surface area contributed by atoms with Crippen LogP contribution in [0.15, 0.2) is 128 Å². The van der Waals surface area contributed by atoms with Gasteiger partial charge in [-0.05, 0) is 84.5 Å². The molecule has 0 spiro atoms. The minimum absolute atomic E-state index is 0.0657. The Hall–Kier alpha value is -5.23. The van der Waals surface area contributed by atoms with Crippen molar-refractivity contribution in [2.45, 2.75) is 40.0 Å². The largest absolute Gasteiger partial charge is 0.457 e. The topological polar surface area (TPSA) is 27.1 Å². The zero-order valence-electron chi connectivity index (χ0n) is 28.1. The number of hydrogen-bond donors (Lipinski definition) is 0. The number of aryl methyl sites for hydroxylation is 2. The first-order chi connectivity index (χ1) is 23.2. The van der Waals surface area contributed by atoms with Crippen molar-refractivity contribution in [2.24, 2.45) is 0 Å². The van der Waals surface area contributed by atoms with Crippen molar-refractivity contribution in [3.8, 4) is 17.3 Å². The first-order valence-electron chi connectivity index (χ1n) is 16.8. The quantitative estimate of drug-likeness (QED) is 0.140. The predicted octanol–water partition coefficient (Wildman–Crippen LogP) is 11.3. The molecule has 5 aromatic carbocycles. The molecule has 5 nitrogen and oxygen atoms in total. The lowest BCUT2D eigenvalue weighted by Crippen LogP contribution is -2.67. The van der Waals surface area contributed by atoms with Crippen LogP contribution in [0.25, 0.3) is 27.6 Å². The van der Waals surface area contributed by atoms with E-state index in [9.17, 15) is 0 Å². The number of para-hydroxylation sites is 2. The molecule has 5 heterocycles. The molecule has 0 saturated carbocycles. The molecule has 10 rings (SSSR count). The van der Waals surface area contributed by atoms with Gasteiger partial charge >= 0.3 is 0 Å². The van der Waals surface area contributed by atoms with E-state index in [2.05, 4.69) is 155 Å². The number of pyridine rings is 1. The SMILES string of the molecule is Cc1cc2c(cc1C)[N@+]1(c3cc(Oc4ccc5c6ccccc6n(-c6ccccn6)c5c4)cc(C(C)(C)C)c3)[CH-][N@@+]2(c2ccccc2)C1. The van der Waals surface area contributed by atoms with Crippen LogP contribution in [0.5, 0.6) is 11.5 Å². The van der Waals surface area contributed by atoms with Gasteiger partial charge in [-0.2, -0.15) is 0 Å². The summed E-state index contributed by atoms with van der Waals surface area (Å²) in [5.74, 6) is 2.54. The van der Waals surface area contributed by atoms with E-state index in [0.717, 1.165) is 39.5 Å². The molecule has 48 heavy (non-hydrogen) atoms. The highest BCUT2D eigenvalue weighted by Crippen LogP contribution is 2.65. The Labute approximate surface area is 282 Å². The van der Waals surface area contributed by atoms with Crippen LogP contribution in [0.3, 0.4) is 0 Å². The van der Waals surface area contributed by atoms with E-state index in [1.807, 2.05) is 18.3 Å². The number of fused-ring (bicyclic) bond motifs is 3. The van der Waals surface area contributed by atoms with E-state index in [4.69, 9.17) is 9.72 Å². The van der Waals surface area contributed by atoms with E-state index in [-0.39, 0.29) is 5.41 Å². The van der Waals surface area contributed by atoms with Gasteiger partial charge in [0.2, 0.25) is 0 Å². The van der Waals surface area contributed by atoms with E-state index in [1.165, 1.54) is 50.2 Å². The summed E-state index contributed by atoms with van der Waals surface area (Å²) in [7, 11) is 0. The number of quaternary nitrogens is 2. The smallest absolute Gasteiger partial charge is 0.186 e. The van der Waals surface area contributed by atoms with Gasteiger partial charge in [0.05, 0.1) is 17.7 Å². The average Bonchev–Trinajstić information content (AvgIpc) is 3.65. The number of benzene rings is 5. The van der Waals surface area contributed by atoms with Crippen molar-refractivity contribution >= 4 is 44.6 Å². The van der Waals surface area contributed by atoms with Crippen molar-refractivity contribution in [1.82, 2.24) is 18.5 Å². The maximum atomic E-state index is 6.85. The summed E-state index contributed by atoms with van der Waals surface area (Å²) in [6.45, 7) is 14.7. The lowest BCUT2D eigenvalue weighted by atomic mass is 9.86. The van der Waals surface area contributed by atoms with Crippen LogP contribution in [0, 0.1) is 20.5 Å². The summed E-state index contributed by atoms with van der Waals surface area (Å²) < 4.78 is 10.5. The minimum Gasteiger partial charge on any atom is -0.457 e. The molecule has 1 saturated heterocycles. The first kappa shape index (κ1) is 29.0. The maximum absolute atomic E-state index is 6.85. The van der Waals surface area contributed by atoms with Gasteiger partial charge < -0.3 is 4.74 Å². The first-order valence-corrected chi connectivity index (χ1v) is 16.8. The molecule has 0 N–H and O–H groups in total. The summed E-state index contributed by atoms with van der Waals surface area (Å²) in [5, 5.41) is 2.37. The fourth-order valence-electron chi connectivity index (χ4n) is 7.82. The van der Waals surface area contributed by atoms with Gasteiger partial charge in [0.15, 0.2) is 18.0 Å². The normalized spacial score (nSPS) is 19.8. The van der Waals surface area contributed by atoms with Crippen LogP contribution < -0.4 is 13.7 Å². The second kappa shape index (κ2) is 10.1. The van der Waals surface area contributed by atoms with Crippen LogP contribution in [-0.4, -0.2) is 16.2 Å². The monoisotopic (exact) mass is 627 g/mol. The Balaban J connectivity index is 1.18. The summed E-state index contributed by atoms with van der Waals surface area (Å²) in [4.78, 5) is 4.71. The fraction of sp³-hybridized carbons (Fsp3) is 0.163. The predicted molar refractivity (Wildman–Crippen MR) is 198 cm³/mol. The summed E-state index contributed by atoms with van der Waals surface area (Å²) >= 11 is 0. The highest BCUT2D eigenvalue weighted by Gasteiger charge is 2.63. The molecule has 0 unspecified atom stereocenters. The lowest BCUT2D eigenvalue weighted by molar-refractivity contribution is 0.186. The Morgan fingerprint density at radius 1 is 0.646 bits per heavy atom. The Morgan fingerprint density at radius 2 is 1.31 bits per heavy atom. The Morgan fingerprint density at radius 3 is 2.02 bits per heavy atom. The number of nitrogens with zero attached hydrogens (tertiary/aromatic N) is 4. The van der Waals surface area contributed by atoms with Crippen LogP contribution >= 0.6 is 0 Å². The van der Waals surface area contributed by atoms with E-state index in [1.54, 1.807) is 0 Å². The third-order valence-corrected chi connectivity index (χ3v) is 10.5. The van der Waals surface area contributed by atoms with Gasteiger partial charge in [0.25, 0.3) is 0 Å². The van der Waals surface area contributed by atoms with Crippen molar-refractivity contribution in [3.63, 3.8) is 0 Å². The average molecular weight is 628 g/mol. The van der Waals surface area contributed by atoms with Crippen molar-refractivity contribution in [2.75, 3.05) is 6.67 Å². The lowest BCUT2D eigenvalue weighted by Gasteiger charge is -2.56. The Bertz CT molecular complexity index is 2380. The van der Waals surface area contributed by atoms with Gasteiger partial charge in [-0.15, -0.1) is 0 Å². The third-order valence-electron chi connectivity index (χ3n) is 10.5. The molecule has 1 fully saturated rings. The third kappa shape index (κ3) is 4.14. The van der Waals surface area contributed by atoms with Crippen LogP contribution in [0.1, 0.15) is 37.5 Å². The van der Waals surface area contributed by atoms with Gasteiger partial charge in [-0.1, -0.05) is 63.2 Å². The molecule has 2 bridgehead atoms. The van der Waals surface area contributed by atoms with Gasteiger partial charge in [0, 0.05) is 47.3 Å². The Kier molecular flexibility index (Phi) is 6.11. The van der Waals surface area contributed by atoms with Gasteiger partial charge in [0.1, 0.15) is 28.7 Å². The molecule has 0 aliphatic carbocycles. The minimum atomic E-state index is -0.0657. The summed E-state index contributed by atoms with van der Waals surface area (Å²) in [6.07, 6.45) is 1.85. The molecule has 0 amide bonds. The van der Waals surface area contributed by atoms with Gasteiger partial charge in [-0.25, -0.2) is 4.98 Å². The van der Waals surface area contributed by atoms with E-state index < -0.39 is 0 Å². The highest BCUT2D eigenvalue weighted by molar-refractivity contribution is 6.09. The summed E-state index contributed by atoms with van der Waals surface area (Å²) in [6, 6.07) is 43.6. The van der Waals surface area contributed by atoms with Crippen molar-refractivity contribution in [3.05, 3.63) is 151 Å². The van der Waals surface area contributed by atoms with Gasteiger partial charge in [-0.3, -0.25) is 13.5 Å². The highest BCUT2D eigenvalue weighted by atomic mass is 16.5. The fourth-order valence-corrected chi connectivity index (χ4v) is 7.82. The molecule has 236 valence electrons. The molecule has 2 aromatic heterocycles. The molecule has 3 aliphatic rings. The standard InChI is InChI=1S/C43H39N4O/c1-29-21-40-41(22-30(29)2)47(27-46(40,28-47)32-13-7-6-8-14-32)33-23-31(43(3,4)5)24-35(25-33)48-34-18-19-37-36-15-9-10-16-38(36)45(39(37)26-34)42-17-11-12-20-44-42/h6-27H,28H2,1-5H3/q+1/t46-,47+/m0/s1. The second-order valence-corrected chi connectivity index (χ2v) is 14.5. The zero-order valence-corrected chi connectivity index (χ0v) is 28.1. The number of ether oxygens (including phenoxy) is 1. The van der Waals surface area contributed by atoms with E-state index >= 15 is 0 Å². The number of hydrogen-bond acceptors (Lipinski definition) is 2. The van der Waals surface area contributed by atoms with Crippen LogP contribution in [-0.2, 0) is 5.41 Å².